The number of carbonyl (C=O) groups excluding carboxylic acids is 1. The second-order valence-electron chi connectivity index (χ2n) is 6.44. The lowest BCUT2D eigenvalue weighted by atomic mass is 10.1. The second-order valence-corrected chi connectivity index (χ2v) is 6.44. The number of benzene rings is 1. The zero-order valence-corrected chi connectivity index (χ0v) is 15.4. The Labute approximate surface area is 154 Å². The first kappa shape index (κ1) is 18.0. The Morgan fingerprint density at radius 3 is 2.65 bits per heavy atom. The van der Waals surface area contributed by atoms with E-state index in [2.05, 4.69) is 28.2 Å². The minimum atomic E-state index is -0.0322. The van der Waals surface area contributed by atoms with Crippen LogP contribution in [0.4, 0.5) is 10.6 Å². The molecule has 0 atom stereocenters. The van der Waals surface area contributed by atoms with E-state index in [1.807, 2.05) is 42.2 Å². The lowest BCUT2D eigenvalue weighted by Gasteiger charge is -2.35. The van der Waals surface area contributed by atoms with Crippen LogP contribution in [0.2, 0.25) is 0 Å². The largest absolute Gasteiger partial charge is 0.491 e. The minimum absolute atomic E-state index is 0.0322. The third-order valence-corrected chi connectivity index (χ3v) is 4.73. The summed E-state index contributed by atoms with van der Waals surface area (Å²) in [6.45, 7) is 8.04. The molecule has 138 valence electrons. The molecule has 6 nitrogen and oxygen atoms in total. The molecule has 1 aliphatic heterocycles. The van der Waals surface area contributed by atoms with Crippen LogP contribution in [-0.2, 0) is 0 Å². The highest BCUT2D eigenvalue weighted by Gasteiger charge is 2.21. The number of hydrogen-bond donors (Lipinski definition) is 1. The van der Waals surface area contributed by atoms with Crippen molar-refractivity contribution in [2.45, 2.75) is 13.8 Å². The number of nitrogens with one attached hydrogen (secondary N) is 1. The maximum Gasteiger partial charge on any atom is 0.317 e. The van der Waals surface area contributed by atoms with Gasteiger partial charge in [0.15, 0.2) is 0 Å². The summed E-state index contributed by atoms with van der Waals surface area (Å²) in [6, 6.07) is 11.9. The van der Waals surface area contributed by atoms with E-state index in [9.17, 15) is 4.79 Å². The van der Waals surface area contributed by atoms with Gasteiger partial charge < -0.3 is 19.9 Å². The maximum atomic E-state index is 12.3. The van der Waals surface area contributed by atoms with Gasteiger partial charge in [-0.05, 0) is 43.2 Å². The van der Waals surface area contributed by atoms with E-state index in [-0.39, 0.29) is 6.03 Å². The highest BCUT2D eigenvalue weighted by atomic mass is 16.5. The second kappa shape index (κ2) is 8.56. The molecular formula is C20H26N4O2. The van der Waals surface area contributed by atoms with Crippen LogP contribution in [0, 0.1) is 13.8 Å². The summed E-state index contributed by atoms with van der Waals surface area (Å²) in [5.41, 5.74) is 2.35. The lowest BCUT2D eigenvalue weighted by molar-refractivity contribution is 0.191. The number of carbonyl (C=O) groups is 1. The number of aryl methyl sites for hydroxylation is 1. The number of nitrogens with zero attached hydrogens (tertiary/aromatic N) is 3. The molecule has 1 aliphatic rings. The smallest absolute Gasteiger partial charge is 0.317 e. The minimum Gasteiger partial charge on any atom is -0.491 e. The predicted molar refractivity (Wildman–Crippen MR) is 103 cm³/mol. The SMILES string of the molecule is Cc1cccc(OCCNC(=O)N2CCN(c3ccccn3)CC2)c1C. The Hall–Kier alpha value is -2.76. The standard InChI is InChI=1S/C20H26N4O2/c1-16-6-5-7-18(17(16)2)26-15-10-22-20(25)24-13-11-23(12-14-24)19-8-3-4-9-21-19/h3-9H,10-15H2,1-2H3,(H,22,25). The molecule has 0 radical (unpaired) electrons. The van der Waals surface area contributed by atoms with Gasteiger partial charge in [0.1, 0.15) is 18.2 Å². The summed E-state index contributed by atoms with van der Waals surface area (Å²) >= 11 is 0. The van der Waals surface area contributed by atoms with Crippen molar-refractivity contribution in [1.82, 2.24) is 15.2 Å². The fraction of sp³-hybridized carbons (Fsp3) is 0.400. The van der Waals surface area contributed by atoms with Crippen molar-refractivity contribution < 1.29 is 9.53 Å². The Balaban J connectivity index is 1.39. The molecule has 2 amide bonds. The average molecular weight is 354 g/mol. The van der Waals surface area contributed by atoms with Gasteiger partial charge in [-0.1, -0.05) is 18.2 Å². The summed E-state index contributed by atoms with van der Waals surface area (Å²) in [5.74, 6) is 1.85. The van der Waals surface area contributed by atoms with Crippen molar-refractivity contribution in [3.8, 4) is 5.75 Å². The van der Waals surface area contributed by atoms with Crippen LogP contribution in [-0.4, -0.2) is 55.2 Å². The molecule has 3 rings (SSSR count). The zero-order valence-electron chi connectivity index (χ0n) is 15.4. The molecule has 1 fully saturated rings. The number of piperazine rings is 1. The molecule has 0 aliphatic carbocycles. The van der Waals surface area contributed by atoms with Crippen LogP contribution >= 0.6 is 0 Å². The molecule has 1 aromatic heterocycles. The molecule has 2 aromatic rings. The number of rotatable bonds is 5. The number of ether oxygens (including phenoxy) is 1. The predicted octanol–water partition coefficient (Wildman–Crippen LogP) is 2.61. The van der Waals surface area contributed by atoms with Gasteiger partial charge >= 0.3 is 6.03 Å². The van der Waals surface area contributed by atoms with Crippen molar-refractivity contribution in [1.29, 1.82) is 0 Å². The van der Waals surface area contributed by atoms with Crippen molar-refractivity contribution in [2.75, 3.05) is 44.2 Å². The van der Waals surface area contributed by atoms with Gasteiger partial charge in [-0.15, -0.1) is 0 Å². The van der Waals surface area contributed by atoms with Gasteiger partial charge in [0, 0.05) is 32.4 Å². The van der Waals surface area contributed by atoms with E-state index in [4.69, 9.17) is 4.74 Å². The number of hydrogen-bond acceptors (Lipinski definition) is 4. The van der Waals surface area contributed by atoms with E-state index < -0.39 is 0 Å². The highest BCUT2D eigenvalue weighted by Crippen LogP contribution is 2.20. The van der Waals surface area contributed by atoms with E-state index >= 15 is 0 Å². The van der Waals surface area contributed by atoms with Crippen LogP contribution in [0.1, 0.15) is 11.1 Å². The number of amides is 2. The van der Waals surface area contributed by atoms with E-state index in [1.165, 1.54) is 5.56 Å². The van der Waals surface area contributed by atoms with Crippen LogP contribution in [0.5, 0.6) is 5.75 Å². The molecule has 0 spiro atoms. The zero-order chi connectivity index (χ0) is 18.4. The number of anilines is 1. The van der Waals surface area contributed by atoms with E-state index in [1.54, 1.807) is 6.20 Å². The highest BCUT2D eigenvalue weighted by molar-refractivity contribution is 5.74. The molecule has 0 bridgehead atoms. The number of urea groups is 1. The number of pyridine rings is 1. The lowest BCUT2D eigenvalue weighted by Crippen LogP contribution is -2.52. The van der Waals surface area contributed by atoms with Crippen molar-refractivity contribution in [3.63, 3.8) is 0 Å². The molecule has 1 saturated heterocycles. The van der Waals surface area contributed by atoms with Gasteiger partial charge in [0.2, 0.25) is 0 Å². The quantitative estimate of drug-likeness (QED) is 0.839. The number of aromatic nitrogens is 1. The van der Waals surface area contributed by atoms with Gasteiger partial charge in [-0.25, -0.2) is 9.78 Å². The van der Waals surface area contributed by atoms with Gasteiger partial charge in [0.25, 0.3) is 0 Å². The summed E-state index contributed by atoms with van der Waals surface area (Å²) in [6.07, 6.45) is 1.80. The van der Waals surface area contributed by atoms with Crippen molar-refractivity contribution >= 4 is 11.8 Å². The third kappa shape index (κ3) is 4.45. The van der Waals surface area contributed by atoms with E-state index in [0.717, 1.165) is 30.2 Å². The molecule has 1 aromatic carbocycles. The normalized spacial score (nSPS) is 14.2. The first-order chi connectivity index (χ1) is 12.6. The fourth-order valence-corrected chi connectivity index (χ4v) is 2.99. The topological polar surface area (TPSA) is 57.7 Å². The average Bonchev–Trinajstić information content (AvgIpc) is 2.69. The van der Waals surface area contributed by atoms with Crippen molar-refractivity contribution in [2.24, 2.45) is 0 Å². The Kier molecular flexibility index (Phi) is 5.94. The Morgan fingerprint density at radius 2 is 1.92 bits per heavy atom. The Bertz CT molecular complexity index is 728. The monoisotopic (exact) mass is 354 g/mol. The maximum absolute atomic E-state index is 12.3. The van der Waals surface area contributed by atoms with E-state index in [0.29, 0.717) is 26.2 Å². The summed E-state index contributed by atoms with van der Waals surface area (Å²) < 4.78 is 5.78. The molecule has 26 heavy (non-hydrogen) atoms. The first-order valence-electron chi connectivity index (χ1n) is 9.03. The van der Waals surface area contributed by atoms with Gasteiger partial charge in [0.05, 0.1) is 6.54 Å². The fourth-order valence-electron chi connectivity index (χ4n) is 2.99. The Morgan fingerprint density at radius 1 is 1.12 bits per heavy atom. The third-order valence-electron chi connectivity index (χ3n) is 4.73. The van der Waals surface area contributed by atoms with Crippen LogP contribution in [0.15, 0.2) is 42.6 Å². The van der Waals surface area contributed by atoms with Crippen LogP contribution < -0.4 is 15.0 Å². The van der Waals surface area contributed by atoms with Crippen LogP contribution in [0.3, 0.4) is 0 Å². The molecule has 0 saturated carbocycles. The summed E-state index contributed by atoms with van der Waals surface area (Å²) in [7, 11) is 0. The summed E-state index contributed by atoms with van der Waals surface area (Å²) in [4.78, 5) is 20.7. The molecule has 6 heteroatoms. The van der Waals surface area contributed by atoms with Gasteiger partial charge in [-0.3, -0.25) is 0 Å². The molecule has 2 heterocycles. The summed E-state index contributed by atoms with van der Waals surface area (Å²) in [5, 5.41) is 2.94. The molecular weight excluding hydrogens is 328 g/mol. The van der Waals surface area contributed by atoms with Crippen molar-refractivity contribution in [3.05, 3.63) is 53.7 Å². The van der Waals surface area contributed by atoms with Crippen LogP contribution in [0.25, 0.3) is 0 Å². The molecule has 1 N–H and O–H groups in total. The first-order valence-corrected chi connectivity index (χ1v) is 9.03. The molecule has 0 unspecified atom stereocenters. The van der Waals surface area contributed by atoms with Gasteiger partial charge in [-0.2, -0.15) is 0 Å².